The quantitative estimate of drug-likeness (QED) is 0.650. The van der Waals surface area contributed by atoms with Gasteiger partial charge in [0.15, 0.2) is 0 Å². The van der Waals surface area contributed by atoms with Crippen molar-refractivity contribution in [2.75, 3.05) is 13.2 Å². The zero-order chi connectivity index (χ0) is 17.5. The number of aliphatic hydroxyl groups excluding tert-OH is 3. The van der Waals surface area contributed by atoms with Crippen LogP contribution >= 0.6 is 0 Å². The van der Waals surface area contributed by atoms with E-state index in [0.717, 1.165) is 51.4 Å². The first-order valence-corrected chi connectivity index (χ1v) is 10.1. The molecule has 0 radical (unpaired) electrons. The Morgan fingerprint density at radius 2 is 1.32 bits per heavy atom. The largest absolute Gasteiger partial charge is 0.466 e. The molecule has 4 fully saturated rings. The molecule has 0 aromatic heterocycles. The summed E-state index contributed by atoms with van der Waals surface area (Å²) in [4.78, 5) is 0. The van der Waals surface area contributed by atoms with Crippen LogP contribution in [0, 0.1) is 0 Å². The molecule has 6 nitrogen and oxygen atoms in total. The Morgan fingerprint density at radius 3 is 1.80 bits per heavy atom. The van der Waals surface area contributed by atoms with Crippen molar-refractivity contribution in [1.82, 2.24) is 0 Å². The Bertz CT molecular complexity index is 436. The molecule has 0 aromatic rings. The summed E-state index contributed by atoms with van der Waals surface area (Å²) >= 11 is 0. The van der Waals surface area contributed by atoms with Crippen molar-refractivity contribution in [2.45, 2.75) is 99.5 Å². The van der Waals surface area contributed by atoms with Crippen molar-refractivity contribution in [2.24, 2.45) is 0 Å². The Labute approximate surface area is 150 Å². The molecule has 3 N–H and O–H groups in total. The molecule has 2 saturated heterocycles. The highest BCUT2D eigenvalue weighted by Gasteiger charge is 2.64. The molecule has 0 bridgehead atoms. The average molecular weight is 354 g/mol. The van der Waals surface area contributed by atoms with Gasteiger partial charge < -0.3 is 29.4 Å². The number of ether oxygens (including phenoxy) is 1. The first-order valence-electron chi connectivity index (χ1n) is 10.1. The van der Waals surface area contributed by atoms with Gasteiger partial charge in [0.2, 0.25) is 0 Å². The highest BCUT2D eigenvalue weighted by Crippen LogP contribution is 2.55. The molecule has 2 spiro atoms. The summed E-state index contributed by atoms with van der Waals surface area (Å²) < 4.78 is 18.7. The van der Waals surface area contributed by atoms with Crippen LogP contribution in [-0.2, 0) is 14.0 Å². The monoisotopic (exact) mass is 354 g/mol. The standard InChI is InChI=1S/C18H31BO6/c20-11-14-16(22)15(21)13(12-23-14)19-24-17(7-3-1-4-8-17)18(25-19)9-5-2-6-10-18/h13-16,20-22H,1-12H2/t13-,14+,15+,16+/m0/s1. The van der Waals surface area contributed by atoms with Crippen molar-refractivity contribution in [3.05, 3.63) is 0 Å². The van der Waals surface area contributed by atoms with E-state index in [2.05, 4.69) is 0 Å². The molecule has 4 atom stereocenters. The normalized spacial score (nSPS) is 40.7. The number of hydrogen-bond donors (Lipinski definition) is 3. The minimum atomic E-state index is -1.11. The van der Waals surface area contributed by atoms with Crippen LogP contribution in [0.15, 0.2) is 0 Å². The lowest BCUT2D eigenvalue weighted by atomic mass is 9.66. The number of rotatable bonds is 2. The van der Waals surface area contributed by atoms with Gasteiger partial charge in [-0.3, -0.25) is 0 Å². The fourth-order valence-electron chi connectivity index (χ4n) is 5.56. The first-order chi connectivity index (χ1) is 12.1. The predicted octanol–water partition coefficient (Wildman–Crippen LogP) is 1.41. The van der Waals surface area contributed by atoms with Gasteiger partial charge in [-0.15, -0.1) is 0 Å². The molecule has 4 aliphatic rings. The lowest BCUT2D eigenvalue weighted by Gasteiger charge is -2.48. The third-order valence-electron chi connectivity index (χ3n) is 7.04. The van der Waals surface area contributed by atoms with E-state index in [-0.39, 0.29) is 24.4 Å². The molecule has 0 aromatic carbocycles. The molecule has 2 heterocycles. The van der Waals surface area contributed by atoms with E-state index in [0.29, 0.717) is 0 Å². The van der Waals surface area contributed by atoms with Crippen molar-refractivity contribution < 1.29 is 29.4 Å². The second-order valence-electron chi connectivity index (χ2n) is 8.41. The molecular weight excluding hydrogens is 323 g/mol. The maximum Gasteiger partial charge on any atom is 0.466 e. The van der Waals surface area contributed by atoms with Crippen molar-refractivity contribution in [3.8, 4) is 0 Å². The molecule has 2 aliphatic carbocycles. The van der Waals surface area contributed by atoms with Crippen molar-refractivity contribution in [3.63, 3.8) is 0 Å². The van der Waals surface area contributed by atoms with Gasteiger partial charge in [0, 0.05) is 5.82 Å². The molecule has 0 unspecified atom stereocenters. The molecule has 7 heteroatoms. The highest BCUT2D eigenvalue weighted by molar-refractivity contribution is 6.48. The summed E-state index contributed by atoms with van der Waals surface area (Å²) in [5, 5.41) is 30.1. The van der Waals surface area contributed by atoms with Crippen LogP contribution < -0.4 is 0 Å². The maximum atomic E-state index is 10.6. The van der Waals surface area contributed by atoms with Crippen LogP contribution in [0.3, 0.4) is 0 Å². The first kappa shape index (κ1) is 18.2. The number of hydrogen-bond acceptors (Lipinski definition) is 6. The third-order valence-corrected chi connectivity index (χ3v) is 7.04. The maximum absolute atomic E-state index is 10.6. The van der Waals surface area contributed by atoms with E-state index in [1.54, 1.807) is 0 Å². The zero-order valence-electron chi connectivity index (χ0n) is 14.9. The van der Waals surface area contributed by atoms with Crippen LogP contribution in [0.4, 0.5) is 0 Å². The van der Waals surface area contributed by atoms with E-state index in [1.807, 2.05) is 0 Å². The van der Waals surface area contributed by atoms with Crippen molar-refractivity contribution in [1.29, 1.82) is 0 Å². The van der Waals surface area contributed by atoms with E-state index in [1.165, 1.54) is 12.8 Å². The molecule has 2 saturated carbocycles. The minimum Gasteiger partial charge on any atom is -0.402 e. The van der Waals surface area contributed by atoms with E-state index >= 15 is 0 Å². The summed E-state index contributed by atoms with van der Waals surface area (Å²) in [7, 11) is -0.541. The molecule has 25 heavy (non-hydrogen) atoms. The summed E-state index contributed by atoms with van der Waals surface area (Å²) in [6.07, 6.45) is 8.39. The predicted molar refractivity (Wildman–Crippen MR) is 92.1 cm³/mol. The summed E-state index contributed by atoms with van der Waals surface area (Å²) in [5.74, 6) is -0.419. The Hall–Kier alpha value is -0.175. The summed E-state index contributed by atoms with van der Waals surface area (Å²) in [5.41, 5.74) is -0.482. The Morgan fingerprint density at radius 1 is 0.800 bits per heavy atom. The van der Waals surface area contributed by atoms with Gasteiger partial charge in [-0.05, 0) is 25.7 Å². The smallest absolute Gasteiger partial charge is 0.402 e. The Kier molecular flexibility index (Phi) is 5.17. The number of aliphatic hydroxyl groups is 3. The molecule has 4 rings (SSSR count). The molecule has 142 valence electrons. The van der Waals surface area contributed by atoms with E-state index in [9.17, 15) is 15.3 Å². The number of fused-ring (bicyclic) bond motifs is 1. The fourth-order valence-corrected chi connectivity index (χ4v) is 5.56. The van der Waals surface area contributed by atoms with Gasteiger partial charge in [-0.25, -0.2) is 0 Å². The minimum absolute atomic E-state index is 0.236. The van der Waals surface area contributed by atoms with Crippen molar-refractivity contribution >= 4 is 7.12 Å². The fraction of sp³-hybridized carbons (Fsp3) is 1.00. The van der Waals surface area contributed by atoms with E-state index in [4.69, 9.17) is 14.0 Å². The summed E-state index contributed by atoms with van der Waals surface area (Å²) in [6, 6.07) is 0. The van der Waals surface area contributed by atoms with Gasteiger partial charge in [-0.1, -0.05) is 38.5 Å². The highest BCUT2D eigenvalue weighted by atomic mass is 16.7. The lowest BCUT2D eigenvalue weighted by Crippen LogP contribution is -2.53. The van der Waals surface area contributed by atoms with Gasteiger partial charge in [0.25, 0.3) is 0 Å². The third kappa shape index (κ3) is 2.97. The second-order valence-corrected chi connectivity index (χ2v) is 8.41. The zero-order valence-corrected chi connectivity index (χ0v) is 14.9. The van der Waals surface area contributed by atoms with Crippen LogP contribution in [0.1, 0.15) is 64.2 Å². The van der Waals surface area contributed by atoms with Gasteiger partial charge >= 0.3 is 7.12 Å². The molecular formula is C18H31BO6. The van der Waals surface area contributed by atoms with Crippen LogP contribution in [0.25, 0.3) is 0 Å². The SMILES string of the molecule is OC[C@H]1OC[C@H](B2OC3(CCCCC3)C3(CCCCC3)O2)[C@@H](O)[C@@H]1O. The van der Waals surface area contributed by atoms with Gasteiger partial charge in [0.1, 0.15) is 12.2 Å². The van der Waals surface area contributed by atoms with Gasteiger partial charge in [0.05, 0.1) is 30.5 Å². The van der Waals surface area contributed by atoms with Crippen LogP contribution in [0.5, 0.6) is 0 Å². The van der Waals surface area contributed by atoms with Gasteiger partial charge in [-0.2, -0.15) is 0 Å². The van der Waals surface area contributed by atoms with E-state index < -0.39 is 31.2 Å². The average Bonchev–Trinajstić information content (AvgIpc) is 2.91. The summed E-state index contributed by atoms with van der Waals surface area (Å²) in [6.45, 7) is -0.0640. The second kappa shape index (κ2) is 7.10. The Balaban J connectivity index is 1.56. The van der Waals surface area contributed by atoms with Crippen LogP contribution in [-0.4, -0.2) is 65.2 Å². The molecule has 2 aliphatic heterocycles. The van der Waals surface area contributed by atoms with Crippen LogP contribution in [0.2, 0.25) is 5.82 Å². The lowest BCUT2D eigenvalue weighted by molar-refractivity contribution is -0.151. The topological polar surface area (TPSA) is 88.4 Å². The molecule has 0 amide bonds.